The first kappa shape index (κ1) is 10.1. The Labute approximate surface area is 77.8 Å². The van der Waals surface area contributed by atoms with Gasteiger partial charge in [0.1, 0.15) is 6.10 Å². The van der Waals surface area contributed by atoms with Gasteiger partial charge in [0.2, 0.25) is 0 Å². The van der Waals surface area contributed by atoms with Crippen LogP contribution in [0.2, 0.25) is 0 Å². The van der Waals surface area contributed by atoms with Gasteiger partial charge in [-0.2, -0.15) is 0 Å². The van der Waals surface area contributed by atoms with Gasteiger partial charge in [-0.1, -0.05) is 13.8 Å². The number of aliphatic hydroxyl groups excluding tert-OH is 1. The number of hydrogen-bond acceptors (Lipinski definition) is 4. The van der Waals surface area contributed by atoms with E-state index in [2.05, 4.69) is 9.97 Å². The Morgan fingerprint density at radius 2 is 2.23 bits per heavy atom. The number of hydrogen-bond donors (Lipinski definition) is 2. The van der Waals surface area contributed by atoms with E-state index in [1.54, 1.807) is 6.20 Å². The molecule has 4 nitrogen and oxygen atoms in total. The summed E-state index contributed by atoms with van der Waals surface area (Å²) in [5.74, 6) is 0.750. The lowest BCUT2D eigenvalue weighted by Gasteiger charge is -2.09. The first-order valence-electron chi connectivity index (χ1n) is 4.36. The van der Waals surface area contributed by atoms with E-state index in [1.165, 1.54) is 0 Å². The molecule has 1 aromatic heterocycles. The molecule has 0 radical (unpaired) electrons. The van der Waals surface area contributed by atoms with Crippen molar-refractivity contribution in [3.8, 4) is 0 Å². The van der Waals surface area contributed by atoms with Crippen LogP contribution in [0.25, 0.3) is 0 Å². The van der Waals surface area contributed by atoms with Crippen LogP contribution >= 0.6 is 0 Å². The Kier molecular flexibility index (Phi) is 3.33. The van der Waals surface area contributed by atoms with Gasteiger partial charge in [0.25, 0.3) is 0 Å². The molecule has 1 atom stereocenters. The normalized spacial score (nSPS) is 13.3. The molecule has 13 heavy (non-hydrogen) atoms. The predicted octanol–water partition coefficient (Wildman–Crippen LogP) is 0.592. The Balaban J connectivity index is 2.91. The molecule has 0 saturated carbocycles. The summed E-state index contributed by atoms with van der Waals surface area (Å²) in [6.45, 7) is 4.24. The molecular weight excluding hydrogens is 166 g/mol. The van der Waals surface area contributed by atoms with E-state index in [9.17, 15) is 5.11 Å². The third kappa shape index (κ3) is 2.47. The van der Waals surface area contributed by atoms with Crippen LogP contribution in [0.1, 0.15) is 37.4 Å². The Morgan fingerprint density at radius 1 is 1.54 bits per heavy atom. The average molecular weight is 181 g/mol. The lowest BCUT2D eigenvalue weighted by atomic mass is 10.1. The first-order valence-corrected chi connectivity index (χ1v) is 4.36. The zero-order valence-electron chi connectivity index (χ0n) is 7.94. The predicted molar refractivity (Wildman–Crippen MR) is 50.1 cm³/mol. The van der Waals surface area contributed by atoms with Crippen LogP contribution in [0.5, 0.6) is 0 Å². The minimum atomic E-state index is -0.751. The number of nitrogens with two attached hydrogens (primary N) is 1. The maximum Gasteiger partial charge on any atom is 0.158 e. The van der Waals surface area contributed by atoms with Crippen LogP contribution in [0.15, 0.2) is 12.3 Å². The first-order chi connectivity index (χ1) is 6.15. The van der Waals surface area contributed by atoms with Gasteiger partial charge < -0.3 is 10.8 Å². The Morgan fingerprint density at radius 3 is 2.77 bits per heavy atom. The standard InChI is InChI=1S/C9H15N3O/c1-6(2)7-3-4-11-9(12-7)8(13)5-10/h3-4,6,8,13H,5,10H2,1-2H3. The lowest BCUT2D eigenvalue weighted by Crippen LogP contribution is -2.15. The van der Waals surface area contributed by atoms with E-state index in [0.29, 0.717) is 11.7 Å². The summed E-state index contributed by atoms with van der Waals surface area (Å²) in [6, 6.07) is 1.84. The average Bonchev–Trinajstić information content (AvgIpc) is 2.17. The largest absolute Gasteiger partial charge is 0.384 e. The third-order valence-corrected chi connectivity index (χ3v) is 1.81. The van der Waals surface area contributed by atoms with Gasteiger partial charge in [0, 0.05) is 18.4 Å². The van der Waals surface area contributed by atoms with Crippen LogP contribution in [0.3, 0.4) is 0 Å². The van der Waals surface area contributed by atoms with Crippen molar-refractivity contribution in [3.05, 3.63) is 23.8 Å². The molecule has 0 saturated heterocycles. The van der Waals surface area contributed by atoms with Crippen molar-refractivity contribution in [2.45, 2.75) is 25.9 Å². The van der Waals surface area contributed by atoms with Gasteiger partial charge in [-0.25, -0.2) is 9.97 Å². The highest BCUT2D eigenvalue weighted by Crippen LogP contribution is 2.12. The second-order valence-electron chi connectivity index (χ2n) is 3.25. The second kappa shape index (κ2) is 4.30. The van der Waals surface area contributed by atoms with Gasteiger partial charge in [0.05, 0.1) is 0 Å². The van der Waals surface area contributed by atoms with Crippen molar-refractivity contribution in [3.63, 3.8) is 0 Å². The summed E-state index contributed by atoms with van der Waals surface area (Å²) >= 11 is 0. The van der Waals surface area contributed by atoms with Crippen molar-refractivity contribution in [1.29, 1.82) is 0 Å². The van der Waals surface area contributed by atoms with Crippen LogP contribution in [0, 0.1) is 0 Å². The lowest BCUT2D eigenvalue weighted by molar-refractivity contribution is 0.176. The van der Waals surface area contributed by atoms with E-state index in [4.69, 9.17) is 5.73 Å². The summed E-state index contributed by atoms with van der Waals surface area (Å²) in [5, 5.41) is 9.39. The fourth-order valence-electron chi connectivity index (χ4n) is 0.976. The molecule has 0 aromatic carbocycles. The Bertz CT molecular complexity index is 275. The number of aliphatic hydroxyl groups is 1. The molecule has 0 aliphatic heterocycles. The highest BCUT2D eigenvalue weighted by atomic mass is 16.3. The topological polar surface area (TPSA) is 72.0 Å². The van der Waals surface area contributed by atoms with Gasteiger partial charge in [-0.15, -0.1) is 0 Å². The van der Waals surface area contributed by atoms with Crippen molar-refractivity contribution >= 4 is 0 Å². The molecule has 0 aliphatic rings. The maximum absolute atomic E-state index is 9.39. The number of aromatic nitrogens is 2. The van der Waals surface area contributed by atoms with Crippen molar-refractivity contribution in [2.24, 2.45) is 5.73 Å². The maximum atomic E-state index is 9.39. The van der Waals surface area contributed by atoms with E-state index in [1.807, 2.05) is 19.9 Å². The van der Waals surface area contributed by atoms with Crippen LogP contribution < -0.4 is 5.73 Å². The molecule has 0 spiro atoms. The summed E-state index contributed by atoms with van der Waals surface area (Å²) < 4.78 is 0. The van der Waals surface area contributed by atoms with Crippen molar-refractivity contribution < 1.29 is 5.11 Å². The second-order valence-corrected chi connectivity index (χ2v) is 3.25. The minimum absolute atomic E-state index is 0.154. The molecule has 3 N–H and O–H groups in total. The highest BCUT2D eigenvalue weighted by molar-refractivity contribution is 5.07. The minimum Gasteiger partial charge on any atom is -0.384 e. The molecule has 1 heterocycles. The van der Waals surface area contributed by atoms with Crippen molar-refractivity contribution in [2.75, 3.05) is 6.54 Å². The molecule has 1 aromatic rings. The zero-order valence-corrected chi connectivity index (χ0v) is 7.94. The number of rotatable bonds is 3. The molecule has 0 bridgehead atoms. The number of nitrogens with zero attached hydrogens (tertiary/aromatic N) is 2. The van der Waals surface area contributed by atoms with Gasteiger partial charge in [-0.05, 0) is 12.0 Å². The summed E-state index contributed by atoms with van der Waals surface area (Å²) in [7, 11) is 0. The van der Waals surface area contributed by atoms with Crippen LogP contribution in [-0.4, -0.2) is 21.6 Å². The molecule has 0 fully saturated rings. The van der Waals surface area contributed by atoms with Crippen LogP contribution in [-0.2, 0) is 0 Å². The van der Waals surface area contributed by atoms with E-state index >= 15 is 0 Å². The van der Waals surface area contributed by atoms with Gasteiger partial charge in [0.15, 0.2) is 5.82 Å². The quantitative estimate of drug-likeness (QED) is 0.716. The third-order valence-electron chi connectivity index (χ3n) is 1.81. The van der Waals surface area contributed by atoms with E-state index < -0.39 is 6.10 Å². The zero-order chi connectivity index (χ0) is 9.84. The Hall–Kier alpha value is -1.00. The van der Waals surface area contributed by atoms with Crippen molar-refractivity contribution in [1.82, 2.24) is 9.97 Å². The molecule has 1 unspecified atom stereocenters. The van der Waals surface area contributed by atoms with Gasteiger partial charge in [-0.3, -0.25) is 0 Å². The molecule has 4 heteroatoms. The molecule has 1 rings (SSSR count). The summed E-state index contributed by atoms with van der Waals surface area (Å²) in [5.41, 5.74) is 6.23. The summed E-state index contributed by atoms with van der Waals surface area (Å²) in [4.78, 5) is 8.15. The molecule has 0 amide bonds. The SMILES string of the molecule is CC(C)c1ccnc(C(O)CN)n1. The van der Waals surface area contributed by atoms with Crippen LogP contribution in [0.4, 0.5) is 0 Å². The molecule has 0 aliphatic carbocycles. The summed E-state index contributed by atoms with van der Waals surface area (Å²) in [6.07, 6.45) is 0.898. The highest BCUT2D eigenvalue weighted by Gasteiger charge is 2.09. The van der Waals surface area contributed by atoms with E-state index in [-0.39, 0.29) is 6.54 Å². The molecule has 72 valence electrons. The molecular formula is C9H15N3O. The fourth-order valence-corrected chi connectivity index (χ4v) is 0.976. The smallest absolute Gasteiger partial charge is 0.158 e. The van der Waals surface area contributed by atoms with Gasteiger partial charge >= 0.3 is 0 Å². The monoisotopic (exact) mass is 181 g/mol. The van der Waals surface area contributed by atoms with E-state index in [0.717, 1.165) is 5.69 Å². The fraction of sp³-hybridized carbons (Fsp3) is 0.556.